The molecule has 0 radical (unpaired) electrons. The lowest BCUT2D eigenvalue weighted by Crippen LogP contribution is -2.30. The standard InChI is InChI=1S/C16H21N3/c1-14(12-18-15-8-9-15)13-19(11-5-10-17)16-6-3-2-4-7-16/h2-4,6-7,15,18H,1,5,8-9,11-13H2. The summed E-state index contributed by atoms with van der Waals surface area (Å²) in [7, 11) is 0. The van der Waals surface area contributed by atoms with Crippen LogP contribution in [0.15, 0.2) is 42.5 Å². The van der Waals surface area contributed by atoms with Gasteiger partial charge in [0.2, 0.25) is 0 Å². The lowest BCUT2D eigenvalue weighted by atomic mass is 10.2. The van der Waals surface area contributed by atoms with Crippen LogP contribution in [-0.2, 0) is 0 Å². The fourth-order valence-corrected chi connectivity index (χ4v) is 2.03. The first kappa shape index (κ1) is 13.6. The fraction of sp³-hybridized carbons (Fsp3) is 0.438. The molecule has 0 spiro atoms. The summed E-state index contributed by atoms with van der Waals surface area (Å²) in [5.74, 6) is 0. The molecule has 0 unspecified atom stereocenters. The van der Waals surface area contributed by atoms with E-state index in [2.05, 4.69) is 35.0 Å². The zero-order valence-corrected chi connectivity index (χ0v) is 11.3. The molecule has 0 saturated heterocycles. The molecule has 0 bridgehead atoms. The molecule has 19 heavy (non-hydrogen) atoms. The van der Waals surface area contributed by atoms with Crippen molar-refractivity contribution >= 4 is 5.69 Å². The van der Waals surface area contributed by atoms with Crippen molar-refractivity contribution in [1.82, 2.24) is 5.32 Å². The van der Waals surface area contributed by atoms with Crippen LogP contribution < -0.4 is 10.2 Å². The summed E-state index contributed by atoms with van der Waals surface area (Å²) in [6.45, 7) is 6.58. The van der Waals surface area contributed by atoms with E-state index in [0.717, 1.165) is 25.3 Å². The van der Waals surface area contributed by atoms with Crippen LogP contribution in [-0.4, -0.2) is 25.7 Å². The van der Waals surface area contributed by atoms with Crippen LogP contribution in [0.1, 0.15) is 19.3 Å². The summed E-state index contributed by atoms with van der Waals surface area (Å²) in [4.78, 5) is 2.22. The minimum atomic E-state index is 0.540. The summed E-state index contributed by atoms with van der Waals surface area (Å²) in [6.07, 6.45) is 3.13. The first-order chi connectivity index (χ1) is 9.29. The van der Waals surface area contributed by atoms with Crippen molar-refractivity contribution in [3.63, 3.8) is 0 Å². The number of para-hydroxylation sites is 1. The van der Waals surface area contributed by atoms with Crippen molar-refractivity contribution in [2.24, 2.45) is 0 Å². The Morgan fingerprint density at radius 1 is 1.37 bits per heavy atom. The Kier molecular flexibility index (Phi) is 5.00. The third-order valence-electron chi connectivity index (χ3n) is 3.25. The number of benzene rings is 1. The topological polar surface area (TPSA) is 39.1 Å². The van der Waals surface area contributed by atoms with Crippen molar-refractivity contribution in [3.05, 3.63) is 42.5 Å². The van der Waals surface area contributed by atoms with Gasteiger partial charge in [-0.05, 0) is 30.5 Å². The number of hydrogen-bond donors (Lipinski definition) is 1. The first-order valence-electron chi connectivity index (χ1n) is 6.86. The number of nitriles is 1. The van der Waals surface area contributed by atoms with Gasteiger partial charge in [0.25, 0.3) is 0 Å². The van der Waals surface area contributed by atoms with Gasteiger partial charge in [-0.2, -0.15) is 5.26 Å². The molecule has 1 saturated carbocycles. The van der Waals surface area contributed by atoms with Crippen LogP contribution in [0.25, 0.3) is 0 Å². The summed E-state index contributed by atoms with van der Waals surface area (Å²) >= 11 is 0. The van der Waals surface area contributed by atoms with Crippen molar-refractivity contribution in [3.8, 4) is 6.07 Å². The maximum absolute atomic E-state index is 8.77. The fourth-order valence-electron chi connectivity index (χ4n) is 2.03. The minimum Gasteiger partial charge on any atom is -0.366 e. The summed E-state index contributed by atoms with van der Waals surface area (Å²) in [6, 6.07) is 13.2. The van der Waals surface area contributed by atoms with Gasteiger partial charge >= 0.3 is 0 Å². The van der Waals surface area contributed by atoms with Crippen LogP contribution in [0.2, 0.25) is 0 Å². The lowest BCUT2D eigenvalue weighted by molar-refractivity contribution is 0.713. The van der Waals surface area contributed by atoms with Gasteiger partial charge in [-0.1, -0.05) is 24.8 Å². The zero-order valence-electron chi connectivity index (χ0n) is 11.3. The van der Waals surface area contributed by atoms with E-state index in [-0.39, 0.29) is 0 Å². The molecule has 1 aliphatic carbocycles. The third kappa shape index (κ3) is 4.76. The van der Waals surface area contributed by atoms with Crippen LogP contribution in [0.3, 0.4) is 0 Å². The highest BCUT2D eigenvalue weighted by Gasteiger charge is 2.20. The molecule has 1 N–H and O–H groups in total. The summed E-state index contributed by atoms with van der Waals surface area (Å²) < 4.78 is 0. The van der Waals surface area contributed by atoms with E-state index in [1.54, 1.807) is 0 Å². The highest BCUT2D eigenvalue weighted by Crippen LogP contribution is 2.19. The Balaban J connectivity index is 1.89. The normalized spacial score (nSPS) is 13.8. The highest BCUT2D eigenvalue weighted by atomic mass is 15.1. The molecule has 100 valence electrons. The molecule has 0 amide bonds. The Morgan fingerprint density at radius 2 is 2.11 bits per heavy atom. The van der Waals surface area contributed by atoms with Crippen molar-refractivity contribution in [1.29, 1.82) is 5.26 Å². The average molecular weight is 255 g/mol. The predicted octanol–water partition coefficient (Wildman–Crippen LogP) is 2.71. The van der Waals surface area contributed by atoms with Crippen molar-refractivity contribution in [2.75, 3.05) is 24.5 Å². The monoisotopic (exact) mass is 255 g/mol. The highest BCUT2D eigenvalue weighted by molar-refractivity contribution is 5.47. The predicted molar refractivity (Wildman–Crippen MR) is 79.0 cm³/mol. The molecular weight excluding hydrogens is 234 g/mol. The number of rotatable bonds is 8. The molecule has 0 aromatic heterocycles. The van der Waals surface area contributed by atoms with Gasteiger partial charge in [0, 0.05) is 31.4 Å². The van der Waals surface area contributed by atoms with E-state index < -0.39 is 0 Å². The van der Waals surface area contributed by atoms with Crippen LogP contribution >= 0.6 is 0 Å². The molecule has 2 rings (SSSR count). The second-order valence-electron chi connectivity index (χ2n) is 5.07. The van der Waals surface area contributed by atoms with Gasteiger partial charge in [-0.25, -0.2) is 0 Å². The van der Waals surface area contributed by atoms with Gasteiger partial charge in [0.15, 0.2) is 0 Å². The average Bonchev–Trinajstić information content (AvgIpc) is 3.26. The number of nitrogens with zero attached hydrogens (tertiary/aromatic N) is 2. The Morgan fingerprint density at radius 3 is 2.74 bits per heavy atom. The van der Waals surface area contributed by atoms with Gasteiger partial charge < -0.3 is 10.2 Å². The van der Waals surface area contributed by atoms with E-state index in [4.69, 9.17) is 5.26 Å². The SMILES string of the molecule is C=C(CNC1CC1)CN(CCC#N)c1ccccc1. The number of hydrogen-bond acceptors (Lipinski definition) is 3. The van der Waals surface area contributed by atoms with Crippen LogP contribution in [0.4, 0.5) is 5.69 Å². The van der Waals surface area contributed by atoms with Gasteiger partial charge in [-0.3, -0.25) is 0 Å². The Bertz CT molecular complexity index is 443. The third-order valence-corrected chi connectivity index (χ3v) is 3.25. The molecule has 1 fully saturated rings. The molecule has 1 aromatic rings. The molecule has 1 aromatic carbocycles. The Hall–Kier alpha value is -1.79. The van der Waals surface area contributed by atoms with Gasteiger partial charge in [-0.15, -0.1) is 0 Å². The molecule has 1 aliphatic rings. The first-order valence-corrected chi connectivity index (χ1v) is 6.86. The summed E-state index contributed by atoms with van der Waals surface area (Å²) in [5, 5.41) is 12.2. The minimum absolute atomic E-state index is 0.540. The maximum atomic E-state index is 8.77. The van der Waals surface area contributed by atoms with Crippen LogP contribution in [0, 0.1) is 11.3 Å². The molecule has 3 heteroatoms. The molecule has 3 nitrogen and oxygen atoms in total. The summed E-state index contributed by atoms with van der Waals surface area (Å²) in [5.41, 5.74) is 2.33. The van der Waals surface area contributed by atoms with E-state index >= 15 is 0 Å². The molecule has 0 heterocycles. The number of anilines is 1. The largest absolute Gasteiger partial charge is 0.366 e. The number of nitrogens with one attached hydrogen (secondary N) is 1. The van der Waals surface area contributed by atoms with Gasteiger partial charge in [0.1, 0.15) is 0 Å². The molecule has 0 atom stereocenters. The van der Waals surface area contributed by atoms with E-state index in [1.807, 2.05) is 18.2 Å². The second kappa shape index (κ2) is 6.96. The van der Waals surface area contributed by atoms with Crippen LogP contribution in [0.5, 0.6) is 0 Å². The Labute approximate surface area is 115 Å². The maximum Gasteiger partial charge on any atom is 0.0640 e. The van der Waals surface area contributed by atoms with E-state index in [0.29, 0.717) is 12.5 Å². The van der Waals surface area contributed by atoms with E-state index in [9.17, 15) is 0 Å². The van der Waals surface area contributed by atoms with Gasteiger partial charge in [0.05, 0.1) is 12.5 Å². The zero-order chi connectivity index (χ0) is 13.5. The quantitative estimate of drug-likeness (QED) is 0.726. The smallest absolute Gasteiger partial charge is 0.0640 e. The molecule has 0 aliphatic heterocycles. The molecular formula is C16H21N3. The van der Waals surface area contributed by atoms with E-state index in [1.165, 1.54) is 18.4 Å². The van der Waals surface area contributed by atoms with Crippen molar-refractivity contribution in [2.45, 2.75) is 25.3 Å². The lowest BCUT2D eigenvalue weighted by Gasteiger charge is -2.25. The van der Waals surface area contributed by atoms with Crippen molar-refractivity contribution < 1.29 is 0 Å². The second-order valence-corrected chi connectivity index (χ2v) is 5.07.